The summed E-state index contributed by atoms with van der Waals surface area (Å²) in [5.41, 5.74) is 7.51. The third-order valence-electron chi connectivity index (χ3n) is 2.49. The molecule has 0 saturated carbocycles. The summed E-state index contributed by atoms with van der Waals surface area (Å²) in [4.78, 5) is 15.7. The quantitative estimate of drug-likeness (QED) is 0.776. The minimum absolute atomic E-state index is 0.359. The number of nitrogen functional groups attached to an aromatic ring is 1. The zero-order valence-electron chi connectivity index (χ0n) is 10.3. The zero-order chi connectivity index (χ0) is 13.8. The number of aryl methyl sites for hydroxylation is 1. The van der Waals surface area contributed by atoms with Gasteiger partial charge in [0.1, 0.15) is 11.6 Å². The Hall–Kier alpha value is -2.63. The number of aromatic nitrogens is 1. The van der Waals surface area contributed by atoms with E-state index in [9.17, 15) is 9.18 Å². The molecule has 0 aliphatic rings. The molecule has 1 aromatic heterocycles. The molecule has 4 N–H and O–H groups in total. The first-order valence-electron chi connectivity index (χ1n) is 5.60. The number of urea groups is 1. The van der Waals surface area contributed by atoms with Crippen molar-refractivity contribution >= 4 is 23.2 Å². The van der Waals surface area contributed by atoms with Gasteiger partial charge in [0.25, 0.3) is 0 Å². The van der Waals surface area contributed by atoms with Gasteiger partial charge in [-0.2, -0.15) is 0 Å². The number of pyridine rings is 1. The van der Waals surface area contributed by atoms with Gasteiger partial charge >= 0.3 is 6.03 Å². The van der Waals surface area contributed by atoms with Crippen LogP contribution in [0.15, 0.2) is 36.5 Å². The van der Waals surface area contributed by atoms with Crippen LogP contribution in [0.3, 0.4) is 0 Å². The number of nitrogens with zero attached hydrogens (tertiary/aromatic N) is 1. The van der Waals surface area contributed by atoms with Crippen LogP contribution >= 0.6 is 0 Å². The van der Waals surface area contributed by atoms with Crippen molar-refractivity contribution in [3.05, 3.63) is 47.9 Å². The highest BCUT2D eigenvalue weighted by Gasteiger charge is 2.04. The highest BCUT2D eigenvalue weighted by atomic mass is 19.1. The summed E-state index contributed by atoms with van der Waals surface area (Å²) in [7, 11) is 0. The van der Waals surface area contributed by atoms with Crippen molar-refractivity contribution in [3.63, 3.8) is 0 Å². The lowest BCUT2D eigenvalue weighted by Gasteiger charge is -2.08. The molecule has 0 aliphatic carbocycles. The van der Waals surface area contributed by atoms with E-state index >= 15 is 0 Å². The molecule has 19 heavy (non-hydrogen) atoms. The summed E-state index contributed by atoms with van der Waals surface area (Å²) in [6, 6.07) is 6.68. The fourth-order valence-corrected chi connectivity index (χ4v) is 1.45. The fraction of sp³-hybridized carbons (Fsp3) is 0.0769. The number of benzene rings is 1. The predicted molar refractivity (Wildman–Crippen MR) is 72.4 cm³/mol. The first kappa shape index (κ1) is 12.8. The van der Waals surface area contributed by atoms with Crippen LogP contribution in [-0.4, -0.2) is 11.0 Å². The Morgan fingerprint density at radius 1 is 1.26 bits per heavy atom. The maximum absolute atomic E-state index is 12.7. The Balaban J connectivity index is 2.01. The minimum atomic E-state index is -0.455. The van der Waals surface area contributed by atoms with Gasteiger partial charge in [0.05, 0.1) is 11.9 Å². The lowest BCUT2D eigenvalue weighted by atomic mass is 10.2. The number of halogens is 1. The van der Waals surface area contributed by atoms with Gasteiger partial charge in [-0.25, -0.2) is 14.2 Å². The Bertz CT molecular complexity index is 598. The van der Waals surface area contributed by atoms with Gasteiger partial charge in [-0.15, -0.1) is 0 Å². The zero-order valence-corrected chi connectivity index (χ0v) is 10.3. The van der Waals surface area contributed by atoms with Crippen molar-refractivity contribution in [2.75, 3.05) is 16.4 Å². The molecule has 1 aromatic carbocycles. The summed E-state index contributed by atoms with van der Waals surface area (Å²) >= 11 is 0. The Morgan fingerprint density at radius 2 is 1.95 bits per heavy atom. The second-order valence-electron chi connectivity index (χ2n) is 4.01. The fourth-order valence-electron chi connectivity index (χ4n) is 1.45. The molecule has 0 saturated heterocycles. The normalized spacial score (nSPS) is 10.0. The number of amides is 2. The molecule has 0 fully saturated rings. The van der Waals surface area contributed by atoms with Crippen LogP contribution in [0.2, 0.25) is 0 Å². The molecule has 1 heterocycles. The molecule has 0 spiro atoms. The molecule has 2 amide bonds. The van der Waals surface area contributed by atoms with Crippen molar-refractivity contribution in [2.45, 2.75) is 6.92 Å². The number of anilines is 3. The van der Waals surface area contributed by atoms with Gasteiger partial charge < -0.3 is 11.1 Å². The Kier molecular flexibility index (Phi) is 3.61. The van der Waals surface area contributed by atoms with E-state index in [1.165, 1.54) is 30.5 Å². The van der Waals surface area contributed by atoms with E-state index in [4.69, 9.17) is 5.73 Å². The predicted octanol–water partition coefficient (Wildman–Crippen LogP) is 2.76. The minimum Gasteiger partial charge on any atom is -0.397 e. The van der Waals surface area contributed by atoms with E-state index in [0.717, 1.165) is 5.56 Å². The summed E-state index contributed by atoms with van der Waals surface area (Å²) in [6.45, 7) is 1.82. The van der Waals surface area contributed by atoms with Gasteiger partial charge in [0.15, 0.2) is 0 Å². The van der Waals surface area contributed by atoms with Gasteiger partial charge in [-0.05, 0) is 42.8 Å². The summed E-state index contributed by atoms with van der Waals surface area (Å²) in [5, 5.41) is 5.13. The van der Waals surface area contributed by atoms with Crippen LogP contribution in [0.4, 0.5) is 26.4 Å². The monoisotopic (exact) mass is 260 g/mol. The van der Waals surface area contributed by atoms with Gasteiger partial charge in [-0.1, -0.05) is 0 Å². The number of hydrogen-bond acceptors (Lipinski definition) is 3. The molecule has 0 bridgehead atoms. The maximum atomic E-state index is 12.7. The summed E-state index contributed by atoms with van der Waals surface area (Å²) in [6.07, 6.45) is 1.48. The molecule has 0 unspecified atom stereocenters. The third-order valence-corrected chi connectivity index (χ3v) is 2.49. The van der Waals surface area contributed by atoms with Crippen LogP contribution in [0.25, 0.3) is 0 Å². The molecule has 0 atom stereocenters. The van der Waals surface area contributed by atoms with Crippen LogP contribution in [0.1, 0.15) is 5.56 Å². The Morgan fingerprint density at radius 3 is 2.58 bits per heavy atom. The van der Waals surface area contributed by atoms with Gasteiger partial charge in [-0.3, -0.25) is 5.32 Å². The molecule has 98 valence electrons. The van der Waals surface area contributed by atoms with Gasteiger partial charge in [0.2, 0.25) is 0 Å². The number of carbonyl (C=O) groups is 1. The smallest absolute Gasteiger partial charge is 0.324 e. The van der Waals surface area contributed by atoms with E-state index < -0.39 is 6.03 Å². The molecule has 0 radical (unpaired) electrons. The molecule has 2 rings (SSSR count). The SMILES string of the molecule is Cc1cc(NC(=O)Nc2ccc(F)cc2)ncc1N. The van der Waals surface area contributed by atoms with Crippen molar-refractivity contribution in [2.24, 2.45) is 0 Å². The molecule has 2 aromatic rings. The second kappa shape index (κ2) is 5.34. The van der Waals surface area contributed by atoms with E-state index in [2.05, 4.69) is 15.6 Å². The van der Waals surface area contributed by atoms with Crippen molar-refractivity contribution in [3.8, 4) is 0 Å². The first-order chi connectivity index (χ1) is 9.04. The van der Waals surface area contributed by atoms with Crippen molar-refractivity contribution in [1.29, 1.82) is 0 Å². The Labute approximate surface area is 109 Å². The number of nitrogens with one attached hydrogen (secondary N) is 2. The highest BCUT2D eigenvalue weighted by molar-refractivity contribution is 5.99. The van der Waals surface area contributed by atoms with Crippen molar-refractivity contribution < 1.29 is 9.18 Å². The van der Waals surface area contributed by atoms with E-state index in [0.29, 0.717) is 17.2 Å². The first-order valence-corrected chi connectivity index (χ1v) is 5.60. The number of rotatable bonds is 2. The van der Waals surface area contributed by atoms with Crippen LogP contribution < -0.4 is 16.4 Å². The summed E-state index contributed by atoms with van der Waals surface area (Å²) in [5.74, 6) is 0.0353. The number of hydrogen-bond donors (Lipinski definition) is 3. The lowest BCUT2D eigenvalue weighted by molar-refractivity contribution is 0.262. The average molecular weight is 260 g/mol. The summed E-state index contributed by atoms with van der Waals surface area (Å²) < 4.78 is 12.7. The lowest BCUT2D eigenvalue weighted by Crippen LogP contribution is -2.20. The maximum Gasteiger partial charge on any atom is 0.324 e. The second-order valence-corrected chi connectivity index (χ2v) is 4.01. The molecule has 5 nitrogen and oxygen atoms in total. The van der Waals surface area contributed by atoms with Crippen LogP contribution in [0.5, 0.6) is 0 Å². The largest absolute Gasteiger partial charge is 0.397 e. The van der Waals surface area contributed by atoms with E-state index in [1.807, 2.05) is 6.92 Å². The van der Waals surface area contributed by atoms with Crippen LogP contribution in [0, 0.1) is 12.7 Å². The van der Waals surface area contributed by atoms with E-state index in [1.54, 1.807) is 6.07 Å². The molecular weight excluding hydrogens is 247 g/mol. The molecule has 6 heteroatoms. The van der Waals surface area contributed by atoms with Crippen molar-refractivity contribution in [1.82, 2.24) is 4.98 Å². The third kappa shape index (κ3) is 3.41. The molecular formula is C13H13FN4O. The standard InChI is InChI=1S/C13H13FN4O/c1-8-6-12(16-7-11(8)15)18-13(19)17-10-4-2-9(14)3-5-10/h2-7H,15H2,1H3,(H2,16,17,18,19). The van der Waals surface area contributed by atoms with Crippen LogP contribution in [-0.2, 0) is 0 Å². The average Bonchev–Trinajstić information content (AvgIpc) is 2.37. The number of carbonyl (C=O) groups excluding carboxylic acids is 1. The van der Waals surface area contributed by atoms with E-state index in [-0.39, 0.29) is 5.82 Å². The number of nitrogens with two attached hydrogens (primary N) is 1. The van der Waals surface area contributed by atoms with Gasteiger partial charge in [0, 0.05) is 5.69 Å². The molecule has 0 aliphatic heterocycles. The highest BCUT2D eigenvalue weighted by Crippen LogP contribution is 2.14. The topological polar surface area (TPSA) is 80.0 Å².